The monoisotopic (exact) mass is 239 g/mol. The van der Waals surface area contributed by atoms with Crippen LogP contribution < -0.4 is 5.73 Å². The number of nitrogens with zero attached hydrogens (tertiary/aromatic N) is 2. The predicted octanol–water partition coefficient (Wildman–Crippen LogP) is -0.189. The van der Waals surface area contributed by atoms with Crippen molar-refractivity contribution in [3.63, 3.8) is 0 Å². The van der Waals surface area contributed by atoms with E-state index in [0.717, 1.165) is 5.69 Å². The van der Waals surface area contributed by atoms with Crippen LogP contribution in [-0.4, -0.2) is 33.4 Å². The van der Waals surface area contributed by atoms with Gasteiger partial charge in [-0.1, -0.05) is 0 Å². The van der Waals surface area contributed by atoms with Gasteiger partial charge in [0.25, 0.3) is 0 Å². The van der Waals surface area contributed by atoms with Crippen LogP contribution >= 0.6 is 0 Å². The highest BCUT2D eigenvalue weighted by Gasteiger charge is 2.25. The fraction of sp³-hybridized carbons (Fsp3) is 0.545. The van der Waals surface area contributed by atoms with Crippen LogP contribution in [0.2, 0.25) is 0 Å². The number of ether oxygens (including phenoxy) is 1. The van der Waals surface area contributed by atoms with Gasteiger partial charge in [-0.3, -0.25) is 9.59 Å². The largest absolute Gasteiger partial charge is 0.460 e. The summed E-state index contributed by atoms with van der Waals surface area (Å²) in [6, 6.07) is -0.819. The molecular weight excluding hydrogens is 222 g/mol. The van der Waals surface area contributed by atoms with E-state index in [9.17, 15) is 9.59 Å². The molecular formula is C11H17N3O3. The molecule has 17 heavy (non-hydrogen) atoms. The van der Waals surface area contributed by atoms with Crippen molar-refractivity contribution < 1.29 is 14.3 Å². The Morgan fingerprint density at radius 1 is 1.53 bits per heavy atom. The lowest BCUT2D eigenvalue weighted by Gasteiger charge is -2.20. The molecule has 0 bridgehead atoms. The molecule has 0 aliphatic carbocycles. The number of nitrogens with two attached hydrogens (primary N) is 1. The van der Waals surface area contributed by atoms with Crippen molar-refractivity contribution in [1.29, 1.82) is 0 Å². The highest BCUT2D eigenvalue weighted by atomic mass is 16.5. The van der Waals surface area contributed by atoms with Crippen LogP contribution in [0.15, 0.2) is 12.5 Å². The number of aromatic nitrogens is 2. The van der Waals surface area contributed by atoms with Crippen LogP contribution in [0, 0.1) is 0 Å². The van der Waals surface area contributed by atoms with Crippen LogP contribution in [0.25, 0.3) is 0 Å². The Morgan fingerprint density at radius 3 is 2.59 bits per heavy atom. The summed E-state index contributed by atoms with van der Waals surface area (Å²) in [7, 11) is 1.84. The molecule has 0 amide bonds. The zero-order valence-corrected chi connectivity index (χ0v) is 10.2. The molecule has 1 aromatic rings. The summed E-state index contributed by atoms with van der Waals surface area (Å²) in [4.78, 5) is 26.3. The van der Waals surface area contributed by atoms with Gasteiger partial charge in [-0.05, 0) is 6.92 Å². The standard InChI is InChI=1S/C11H17N3O3/c1-7(15)11(12)10(17-8(2)16)4-9-5-14(3)6-13-9/h5-6,10-11H,4,12H2,1-3H3. The van der Waals surface area contributed by atoms with Crippen molar-refractivity contribution in [3.8, 4) is 0 Å². The Bertz CT molecular complexity index is 414. The third-order valence-corrected chi connectivity index (χ3v) is 2.36. The second kappa shape index (κ2) is 5.58. The maximum atomic E-state index is 11.2. The Labute approximate surface area is 99.8 Å². The van der Waals surface area contributed by atoms with Gasteiger partial charge in [0.2, 0.25) is 0 Å². The molecule has 0 fully saturated rings. The smallest absolute Gasteiger partial charge is 0.302 e. The highest BCUT2D eigenvalue weighted by molar-refractivity contribution is 5.82. The highest BCUT2D eigenvalue weighted by Crippen LogP contribution is 2.08. The Kier molecular flexibility index (Phi) is 4.39. The molecule has 0 radical (unpaired) electrons. The molecule has 1 heterocycles. The minimum absolute atomic E-state index is 0.216. The number of carbonyl (C=O) groups excluding carboxylic acids is 2. The van der Waals surface area contributed by atoms with Crippen molar-refractivity contribution >= 4 is 11.8 Å². The summed E-state index contributed by atoms with van der Waals surface area (Å²) in [5.74, 6) is -0.671. The number of esters is 1. The molecule has 2 atom stereocenters. The zero-order valence-electron chi connectivity index (χ0n) is 10.2. The lowest BCUT2D eigenvalue weighted by atomic mass is 10.0. The van der Waals surface area contributed by atoms with Crippen LogP contribution in [0.3, 0.4) is 0 Å². The van der Waals surface area contributed by atoms with Gasteiger partial charge in [0, 0.05) is 26.6 Å². The number of Topliss-reactive ketones (excluding diaryl/α,β-unsaturated/α-hetero) is 1. The van der Waals surface area contributed by atoms with E-state index in [2.05, 4.69) is 4.98 Å². The molecule has 2 N–H and O–H groups in total. The number of hydrogen-bond donors (Lipinski definition) is 1. The molecule has 0 aliphatic heterocycles. The molecule has 0 aromatic carbocycles. The second-order valence-electron chi connectivity index (χ2n) is 4.02. The summed E-state index contributed by atoms with van der Waals surface area (Å²) < 4.78 is 6.83. The van der Waals surface area contributed by atoms with E-state index < -0.39 is 18.1 Å². The normalized spacial score (nSPS) is 14.1. The molecule has 0 saturated carbocycles. The average molecular weight is 239 g/mol. The molecule has 0 saturated heterocycles. The summed E-state index contributed by atoms with van der Waals surface area (Å²) in [6.45, 7) is 2.66. The first-order valence-electron chi connectivity index (χ1n) is 5.30. The van der Waals surface area contributed by atoms with Gasteiger partial charge >= 0.3 is 5.97 Å². The van der Waals surface area contributed by atoms with Gasteiger partial charge in [-0.25, -0.2) is 4.98 Å². The van der Waals surface area contributed by atoms with E-state index in [1.165, 1.54) is 13.8 Å². The van der Waals surface area contributed by atoms with Crippen LogP contribution in [0.5, 0.6) is 0 Å². The number of carbonyl (C=O) groups is 2. The van der Waals surface area contributed by atoms with Gasteiger partial charge in [-0.2, -0.15) is 0 Å². The minimum Gasteiger partial charge on any atom is -0.460 e. The van der Waals surface area contributed by atoms with E-state index in [0.29, 0.717) is 6.42 Å². The van der Waals surface area contributed by atoms with Gasteiger partial charge < -0.3 is 15.0 Å². The third kappa shape index (κ3) is 3.99. The minimum atomic E-state index is -0.819. The molecule has 6 heteroatoms. The molecule has 6 nitrogen and oxygen atoms in total. The van der Waals surface area contributed by atoms with Gasteiger partial charge in [-0.15, -0.1) is 0 Å². The van der Waals surface area contributed by atoms with Crippen LogP contribution in [-0.2, 0) is 27.8 Å². The maximum absolute atomic E-state index is 11.2. The van der Waals surface area contributed by atoms with E-state index in [-0.39, 0.29) is 5.78 Å². The lowest BCUT2D eigenvalue weighted by molar-refractivity contribution is -0.148. The first-order valence-corrected chi connectivity index (χ1v) is 5.30. The number of rotatable bonds is 5. The lowest BCUT2D eigenvalue weighted by Crippen LogP contribution is -2.44. The van der Waals surface area contributed by atoms with E-state index in [4.69, 9.17) is 10.5 Å². The summed E-state index contributed by atoms with van der Waals surface area (Å²) in [5, 5.41) is 0. The van der Waals surface area contributed by atoms with E-state index >= 15 is 0 Å². The Morgan fingerprint density at radius 2 is 2.18 bits per heavy atom. The number of imidazole rings is 1. The van der Waals surface area contributed by atoms with Crippen molar-refractivity contribution in [3.05, 3.63) is 18.2 Å². The second-order valence-corrected chi connectivity index (χ2v) is 4.02. The summed E-state index contributed by atoms with van der Waals surface area (Å²) >= 11 is 0. The van der Waals surface area contributed by atoms with Gasteiger partial charge in [0.1, 0.15) is 17.9 Å². The number of hydrogen-bond acceptors (Lipinski definition) is 5. The number of aryl methyl sites for hydroxylation is 1. The van der Waals surface area contributed by atoms with Crippen LogP contribution in [0.4, 0.5) is 0 Å². The number of ketones is 1. The van der Waals surface area contributed by atoms with E-state index in [1.807, 2.05) is 7.05 Å². The third-order valence-electron chi connectivity index (χ3n) is 2.36. The van der Waals surface area contributed by atoms with Crippen LogP contribution in [0.1, 0.15) is 19.5 Å². The Balaban J connectivity index is 2.76. The SMILES string of the molecule is CC(=O)OC(Cc1cn(C)cn1)C(N)C(C)=O. The van der Waals surface area contributed by atoms with Gasteiger partial charge in [0.05, 0.1) is 12.0 Å². The molecule has 1 aromatic heterocycles. The van der Waals surface area contributed by atoms with Crippen molar-refractivity contribution in [2.75, 3.05) is 0 Å². The molecule has 94 valence electrons. The topological polar surface area (TPSA) is 87.2 Å². The van der Waals surface area contributed by atoms with Crippen molar-refractivity contribution in [1.82, 2.24) is 9.55 Å². The molecule has 0 aliphatic rings. The summed E-state index contributed by atoms with van der Waals surface area (Å²) in [5.41, 5.74) is 6.43. The van der Waals surface area contributed by atoms with Crippen molar-refractivity contribution in [2.24, 2.45) is 12.8 Å². The predicted molar refractivity (Wildman–Crippen MR) is 61.1 cm³/mol. The fourth-order valence-corrected chi connectivity index (χ4v) is 1.50. The quantitative estimate of drug-likeness (QED) is 0.720. The molecule has 2 unspecified atom stereocenters. The first-order chi connectivity index (χ1) is 7.90. The van der Waals surface area contributed by atoms with Gasteiger partial charge in [0.15, 0.2) is 0 Å². The fourth-order valence-electron chi connectivity index (χ4n) is 1.50. The average Bonchev–Trinajstić information content (AvgIpc) is 2.61. The van der Waals surface area contributed by atoms with E-state index in [1.54, 1.807) is 17.1 Å². The molecule has 1 rings (SSSR count). The Hall–Kier alpha value is -1.69. The van der Waals surface area contributed by atoms with Crippen molar-refractivity contribution in [2.45, 2.75) is 32.4 Å². The first kappa shape index (κ1) is 13.4. The zero-order chi connectivity index (χ0) is 13.0. The molecule has 0 spiro atoms. The summed E-state index contributed by atoms with van der Waals surface area (Å²) in [6.07, 6.45) is 3.10. The maximum Gasteiger partial charge on any atom is 0.302 e.